The molecule has 2 aliphatic heterocycles. The number of ether oxygens (including phenoxy) is 2. The first kappa shape index (κ1) is 20.2. The summed E-state index contributed by atoms with van der Waals surface area (Å²) < 4.78 is 10.8. The Morgan fingerprint density at radius 1 is 0.875 bits per heavy atom. The zero-order chi connectivity index (χ0) is 22.4. The highest BCUT2D eigenvalue weighted by atomic mass is 35.5. The van der Waals surface area contributed by atoms with E-state index in [2.05, 4.69) is 5.32 Å². The number of rotatable bonds is 4. The highest BCUT2D eigenvalue weighted by Crippen LogP contribution is 2.38. The number of amides is 2. The summed E-state index contributed by atoms with van der Waals surface area (Å²) in [6.07, 6.45) is 0. The second kappa shape index (κ2) is 7.73. The SMILES string of the molecule is Cc1ccc(C2=C(Nc3ccc4c(c3)OCO4)C(=O)N(c3ccc(Cl)cc3C)C2=O)cc1. The molecule has 3 aromatic rings. The van der Waals surface area contributed by atoms with Crippen molar-refractivity contribution in [2.75, 3.05) is 17.0 Å². The summed E-state index contributed by atoms with van der Waals surface area (Å²) >= 11 is 6.08. The van der Waals surface area contributed by atoms with Crippen LogP contribution in [-0.4, -0.2) is 18.6 Å². The van der Waals surface area contributed by atoms with Crippen LogP contribution in [0.4, 0.5) is 11.4 Å². The van der Waals surface area contributed by atoms with Crippen LogP contribution in [-0.2, 0) is 9.59 Å². The van der Waals surface area contributed by atoms with Gasteiger partial charge in [0.2, 0.25) is 6.79 Å². The van der Waals surface area contributed by atoms with E-state index in [1.807, 2.05) is 38.1 Å². The van der Waals surface area contributed by atoms with E-state index in [-0.39, 0.29) is 12.5 Å². The number of nitrogens with one attached hydrogen (secondary N) is 1. The fourth-order valence-electron chi connectivity index (χ4n) is 3.84. The number of nitrogens with zero attached hydrogens (tertiary/aromatic N) is 1. The average Bonchev–Trinajstić information content (AvgIpc) is 3.32. The molecule has 7 heteroatoms. The lowest BCUT2D eigenvalue weighted by molar-refractivity contribution is -0.120. The predicted molar refractivity (Wildman–Crippen MR) is 123 cm³/mol. The van der Waals surface area contributed by atoms with Crippen LogP contribution in [0.3, 0.4) is 0 Å². The maximum absolute atomic E-state index is 13.6. The van der Waals surface area contributed by atoms with Crippen molar-refractivity contribution < 1.29 is 19.1 Å². The molecular weight excluding hydrogens is 428 g/mol. The number of carbonyl (C=O) groups excluding carboxylic acids is 2. The molecule has 0 atom stereocenters. The molecule has 5 rings (SSSR count). The Balaban J connectivity index is 1.61. The van der Waals surface area contributed by atoms with Gasteiger partial charge in [0.15, 0.2) is 11.5 Å². The number of anilines is 2. The Kier molecular flexibility index (Phi) is 4.87. The van der Waals surface area contributed by atoms with Gasteiger partial charge in [0, 0.05) is 16.8 Å². The number of hydrogen-bond acceptors (Lipinski definition) is 5. The predicted octanol–water partition coefficient (Wildman–Crippen LogP) is 5.08. The van der Waals surface area contributed by atoms with E-state index in [0.717, 1.165) is 11.1 Å². The molecule has 0 fully saturated rings. The molecule has 2 heterocycles. The number of carbonyl (C=O) groups is 2. The second-order valence-electron chi connectivity index (χ2n) is 7.69. The molecule has 0 radical (unpaired) electrons. The summed E-state index contributed by atoms with van der Waals surface area (Å²) in [4.78, 5) is 28.3. The standard InChI is InChI=1S/C25H19ClN2O4/c1-14-3-5-16(6-4-14)22-23(27-18-8-10-20-21(12-18)32-13-31-20)25(30)28(24(22)29)19-9-7-17(26)11-15(19)2/h3-12,27H,13H2,1-2H3. The number of benzene rings is 3. The Morgan fingerprint density at radius 3 is 2.38 bits per heavy atom. The number of halogens is 1. The zero-order valence-corrected chi connectivity index (χ0v) is 18.2. The lowest BCUT2D eigenvalue weighted by Crippen LogP contribution is -2.33. The molecule has 0 unspecified atom stereocenters. The molecular formula is C25H19ClN2O4. The number of hydrogen-bond donors (Lipinski definition) is 1. The maximum atomic E-state index is 13.6. The molecule has 2 amide bonds. The summed E-state index contributed by atoms with van der Waals surface area (Å²) in [5.74, 6) is 0.381. The highest BCUT2D eigenvalue weighted by Gasteiger charge is 2.41. The van der Waals surface area contributed by atoms with Gasteiger partial charge in [0.1, 0.15) is 5.70 Å². The Bertz CT molecular complexity index is 1300. The van der Waals surface area contributed by atoms with Gasteiger partial charge >= 0.3 is 0 Å². The average molecular weight is 447 g/mol. The zero-order valence-electron chi connectivity index (χ0n) is 17.4. The van der Waals surface area contributed by atoms with Crippen LogP contribution in [0.5, 0.6) is 11.5 Å². The van der Waals surface area contributed by atoms with E-state index in [1.54, 1.807) is 36.4 Å². The molecule has 0 saturated carbocycles. The molecule has 2 aliphatic rings. The first-order chi connectivity index (χ1) is 15.4. The second-order valence-corrected chi connectivity index (χ2v) is 8.12. The van der Waals surface area contributed by atoms with Gasteiger partial charge in [-0.25, -0.2) is 4.90 Å². The van der Waals surface area contributed by atoms with Gasteiger partial charge in [-0.1, -0.05) is 41.4 Å². The van der Waals surface area contributed by atoms with Crippen LogP contribution in [0.15, 0.2) is 66.4 Å². The van der Waals surface area contributed by atoms with E-state index in [1.165, 1.54) is 4.90 Å². The van der Waals surface area contributed by atoms with Crippen LogP contribution in [0.25, 0.3) is 5.57 Å². The van der Waals surface area contributed by atoms with Gasteiger partial charge in [-0.3, -0.25) is 9.59 Å². The first-order valence-electron chi connectivity index (χ1n) is 10.1. The van der Waals surface area contributed by atoms with Crippen molar-refractivity contribution in [2.45, 2.75) is 13.8 Å². The van der Waals surface area contributed by atoms with Gasteiger partial charge in [-0.15, -0.1) is 0 Å². The molecule has 0 bridgehead atoms. The van der Waals surface area contributed by atoms with Crippen molar-refractivity contribution in [3.05, 3.63) is 88.1 Å². The number of fused-ring (bicyclic) bond motifs is 1. The van der Waals surface area contributed by atoms with Crippen LogP contribution in [0, 0.1) is 13.8 Å². The van der Waals surface area contributed by atoms with E-state index < -0.39 is 11.8 Å². The van der Waals surface area contributed by atoms with Crippen LogP contribution < -0.4 is 19.7 Å². The molecule has 0 saturated heterocycles. The lowest BCUT2D eigenvalue weighted by atomic mass is 10.0. The van der Waals surface area contributed by atoms with Crippen LogP contribution in [0.2, 0.25) is 5.02 Å². The first-order valence-corrected chi connectivity index (χ1v) is 10.4. The third kappa shape index (κ3) is 3.39. The Hall–Kier alpha value is -3.77. The Morgan fingerprint density at radius 2 is 1.62 bits per heavy atom. The van der Waals surface area contributed by atoms with E-state index in [9.17, 15) is 9.59 Å². The fourth-order valence-corrected chi connectivity index (χ4v) is 4.07. The molecule has 1 N–H and O–H groups in total. The monoisotopic (exact) mass is 446 g/mol. The molecule has 6 nitrogen and oxygen atoms in total. The molecule has 0 aliphatic carbocycles. The number of imide groups is 1. The van der Waals surface area contributed by atoms with Crippen LogP contribution >= 0.6 is 11.6 Å². The van der Waals surface area contributed by atoms with Gasteiger partial charge in [-0.2, -0.15) is 0 Å². The van der Waals surface area contributed by atoms with Crippen molar-refractivity contribution in [2.24, 2.45) is 0 Å². The minimum atomic E-state index is -0.436. The number of aryl methyl sites for hydroxylation is 2. The normalized spacial score (nSPS) is 15.0. The summed E-state index contributed by atoms with van der Waals surface area (Å²) in [6, 6.07) is 17.9. The minimum Gasteiger partial charge on any atom is -0.454 e. The Labute approximate surface area is 190 Å². The van der Waals surface area contributed by atoms with Gasteiger partial charge in [-0.05, 0) is 55.3 Å². The minimum absolute atomic E-state index is 0.150. The van der Waals surface area contributed by atoms with E-state index in [4.69, 9.17) is 21.1 Å². The molecule has 160 valence electrons. The summed E-state index contributed by atoms with van der Waals surface area (Å²) in [5.41, 5.74) is 4.06. The molecule has 0 spiro atoms. The summed E-state index contributed by atoms with van der Waals surface area (Å²) in [7, 11) is 0. The van der Waals surface area contributed by atoms with E-state index in [0.29, 0.717) is 39.0 Å². The van der Waals surface area contributed by atoms with Crippen molar-refractivity contribution in [1.29, 1.82) is 0 Å². The summed E-state index contributed by atoms with van der Waals surface area (Å²) in [5, 5.41) is 3.69. The topological polar surface area (TPSA) is 67.9 Å². The quantitative estimate of drug-likeness (QED) is 0.566. The highest BCUT2D eigenvalue weighted by molar-refractivity contribution is 6.46. The summed E-state index contributed by atoms with van der Waals surface area (Å²) in [6.45, 7) is 3.93. The third-order valence-corrected chi connectivity index (χ3v) is 5.70. The van der Waals surface area contributed by atoms with Crippen LogP contribution in [0.1, 0.15) is 16.7 Å². The third-order valence-electron chi connectivity index (χ3n) is 5.47. The molecule has 0 aromatic heterocycles. The fraction of sp³-hybridized carbons (Fsp3) is 0.120. The molecule has 32 heavy (non-hydrogen) atoms. The van der Waals surface area contributed by atoms with E-state index >= 15 is 0 Å². The van der Waals surface area contributed by atoms with Crippen molar-refractivity contribution in [1.82, 2.24) is 0 Å². The smallest absolute Gasteiger partial charge is 0.282 e. The van der Waals surface area contributed by atoms with Crippen molar-refractivity contribution >= 4 is 40.4 Å². The van der Waals surface area contributed by atoms with Gasteiger partial charge < -0.3 is 14.8 Å². The lowest BCUT2D eigenvalue weighted by Gasteiger charge is -2.18. The maximum Gasteiger partial charge on any atom is 0.282 e. The van der Waals surface area contributed by atoms with Gasteiger partial charge in [0.25, 0.3) is 11.8 Å². The van der Waals surface area contributed by atoms with Crippen molar-refractivity contribution in [3.8, 4) is 11.5 Å². The van der Waals surface area contributed by atoms with Gasteiger partial charge in [0.05, 0.1) is 11.3 Å². The van der Waals surface area contributed by atoms with Crippen molar-refractivity contribution in [3.63, 3.8) is 0 Å². The molecule has 3 aromatic carbocycles. The largest absolute Gasteiger partial charge is 0.454 e.